The second-order valence-electron chi connectivity index (χ2n) is 5.02. The molecule has 7 heteroatoms. The number of sulfonamides is 1. The Bertz CT molecular complexity index is 543. The fraction of sp³-hybridized carbons (Fsp3) is 0.615. The quantitative estimate of drug-likeness (QED) is 0.745. The summed E-state index contributed by atoms with van der Waals surface area (Å²) >= 11 is 0. The Labute approximate surface area is 120 Å². The Morgan fingerprint density at radius 2 is 2.20 bits per heavy atom. The maximum Gasteiger partial charge on any atom is 0.240 e. The Morgan fingerprint density at radius 3 is 2.85 bits per heavy atom. The zero-order valence-electron chi connectivity index (χ0n) is 12.0. The van der Waals surface area contributed by atoms with Gasteiger partial charge in [0.25, 0.3) is 0 Å². The summed E-state index contributed by atoms with van der Waals surface area (Å²) in [6, 6.07) is 3.70. The van der Waals surface area contributed by atoms with Gasteiger partial charge in [0, 0.05) is 37.9 Å². The number of aromatic nitrogens is 1. The number of likely N-dealkylation sites (N-methyl/N-ethyl adjacent to an activating group) is 1. The number of nitrogens with zero attached hydrogens (tertiary/aromatic N) is 2. The molecule has 1 aliphatic carbocycles. The van der Waals surface area contributed by atoms with Gasteiger partial charge in [-0.25, -0.2) is 18.1 Å². The van der Waals surface area contributed by atoms with Crippen molar-refractivity contribution in [3.05, 3.63) is 18.3 Å². The van der Waals surface area contributed by atoms with Crippen LogP contribution in [-0.4, -0.2) is 51.0 Å². The first-order valence-electron chi connectivity index (χ1n) is 6.93. The number of rotatable bonds is 8. The summed E-state index contributed by atoms with van der Waals surface area (Å²) in [5.41, 5.74) is 0. The molecule has 0 unspecified atom stereocenters. The highest BCUT2D eigenvalue weighted by atomic mass is 32.2. The fourth-order valence-corrected chi connectivity index (χ4v) is 3.03. The molecule has 0 atom stereocenters. The van der Waals surface area contributed by atoms with Crippen LogP contribution in [0.4, 0.5) is 5.82 Å². The molecule has 2 N–H and O–H groups in total. The van der Waals surface area contributed by atoms with Gasteiger partial charge in [-0.05, 0) is 32.9 Å². The SMILES string of the molecule is CCNc1cc(S(=O)(=O)NCCN(C)C2CC2)ccn1. The van der Waals surface area contributed by atoms with Gasteiger partial charge >= 0.3 is 0 Å². The molecule has 6 nitrogen and oxygen atoms in total. The number of hydrogen-bond donors (Lipinski definition) is 2. The van der Waals surface area contributed by atoms with Crippen LogP contribution in [0.15, 0.2) is 23.2 Å². The lowest BCUT2D eigenvalue weighted by Gasteiger charge is -2.16. The molecule has 1 heterocycles. The van der Waals surface area contributed by atoms with Gasteiger partial charge in [-0.2, -0.15) is 0 Å². The van der Waals surface area contributed by atoms with Gasteiger partial charge < -0.3 is 10.2 Å². The van der Waals surface area contributed by atoms with Crippen molar-refractivity contribution >= 4 is 15.8 Å². The van der Waals surface area contributed by atoms with Crippen molar-refractivity contribution in [2.45, 2.75) is 30.7 Å². The van der Waals surface area contributed by atoms with Crippen LogP contribution in [0.25, 0.3) is 0 Å². The summed E-state index contributed by atoms with van der Waals surface area (Å²) in [7, 11) is -1.43. The predicted octanol–water partition coefficient (Wildman–Crippen LogP) is 0.886. The van der Waals surface area contributed by atoms with Gasteiger partial charge in [0.2, 0.25) is 10.0 Å². The van der Waals surface area contributed by atoms with Crippen molar-refractivity contribution in [3.8, 4) is 0 Å². The van der Waals surface area contributed by atoms with Gasteiger partial charge in [-0.1, -0.05) is 0 Å². The van der Waals surface area contributed by atoms with E-state index in [-0.39, 0.29) is 4.90 Å². The smallest absolute Gasteiger partial charge is 0.240 e. The molecule has 1 fully saturated rings. The van der Waals surface area contributed by atoms with Crippen LogP contribution >= 0.6 is 0 Å². The molecule has 0 amide bonds. The standard InChI is InChI=1S/C13H22N4O2S/c1-3-14-13-10-12(6-7-15-13)20(18,19)16-8-9-17(2)11-4-5-11/h6-7,10-11,16H,3-5,8-9H2,1-2H3,(H,14,15). The molecule has 1 aromatic rings. The summed E-state index contributed by atoms with van der Waals surface area (Å²) in [6.45, 7) is 3.80. The molecule has 20 heavy (non-hydrogen) atoms. The first kappa shape index (κ1) is 15.2. The van der Waals surface area contributed by atoms with Gasteiger partial charge in [0.15, 0.2) is 0 Å². The number of anilines is 1. The third kappa shape index (κ3) is 4.16. The molecule has 0 saturated heterocycles. The lowest BCUT2D eigenvalue weighted by molar-refractivity contribution is 0.329. The van der Waals surface area contributed by atoms with E-state index in [1.54, 1.807) is 6.07 Å². The van der Waals surface area contributed by atoms with E-state index in [2.05, 4.69) is 19.9 Å². The van der Waals surface area contributed by atoms with Crippen LogP contribution in [0.1, 0.15) is 19.8 Å². The molecular formula is C13H22N4O2S. The molecule has 0 aromatic carbocycles. The summed E-state index contributed by atoms with van der Waals surface area (Å²) in [5, 5.41) is 3.01. The third-order valence-electron chi connectivity index (χ3n) is 3.33. The molecule has 1 aliphatic rings. The number of pyridine rings is 1. The van der Waals surface area contributed by atoms with Crippen molar-refractivity contribution in [1.29, 1.82) is 0 Å². The maximum absolute atomic E-state index is 12.2. The molecular weight excluding hydrogens is 276 g/mol. The Balaban J connectivity index is 1.93. The van der Waals surface area contributed by atoms with E-state index in [4.69, 9.17) is 0 Å². The average molecular weight is 298 g/mol. The van der Waals surface area contributed by atoms with E-state index in [0.717, 1.165) is 6.54 Å². The van der Waals surface area contributed by atoms with Gasteiger partial charge in [-0.3, -0.25) is 0 Å². The van der Waals surface area contributed by atoms with Crippen LogP contribution in [0.3, 0.4) is 0 Å². The lowest BCUT2D eigenvalue weighted by Crippen LogP contribution is -2.34. The Morgan fingerprint density at radius 1 is 1.45 bits per heavy atom. The van der Waals surface area contributed by atoms with Crippen molar-refractivity contribution < 1.29 is 8.42 Å². The Kier molecular flexibility index (Phi) is 4.95. The topological polar surface area (TPSA) is 74.3 Å². The van der Waals surface area contributed by atoms with Gasteiger partial charge in [0.05, 0.1) is 4.90 Å². The first-order valence-corrected chi connectivity index (χ1v) is 8.41. The van der Waals surface area contributed by atoms with E-state index >= 15 is 0 Å². The highest BCUT2D eigenvalue weighted by molar-refractivity contribution is 7.89. The van der Waals surface area contributed by atoms with Crippen molar-refractivity contribution in [3.63, 3.8) is 0 Å². The Hall–Kier alpha value is -1.18. The molecule has 1 saturated carbocycles. The minimum atomic E-state index is -3.46. The molecule has 2 rings (SSSR count). The van der Waals surface area contributed by atoms with E-state index < -0.39 is 10.0 Å². The highest BCUT2D eigenvalue weighted by Crippen LogP contribution is 2.24. The average Bonchev–Trinajstić information content (AvgIpc) is 3.23. The maximum atomic E-state index is 12.2. The van der Waals surface area contributed by atoms with Crippen LogP contribution in [0, 0.1) is 0 Å². The molecule has 0 aliphatic heterocycles. The van der Waals surface area contributed by atoms with Crippen molar-refractivity contribution in [2.75, 3.05) is 32.0 Å². The normalized spacial score (nSPS) is 15.6. The minimum absolute atomic E-state index is 0.248. The van der Waals surface area contributed by atoms with Gasteiger partial charge in [-0.15, -0.1) is 0 Å². The van der Waals surface area contributed by atoms with Gasteiger partial charge in [0.1, 0.15) is 5.82 Å². The summed E-state index contributed by atoms with van der Waals surface area (Å²) in [6.07, 6.45) is 3.95. The summed E-state index contributed by atoms with van der Waals surface area (Å²) < 4.78 is 27.0. The fourth-order valence-electron chi connectivity index (χ4n) is 1.99. The molecule has 1 aromatic heterocycles. The van der Waals surface area contributed by atoms with Crippen LogP contribution < -0.4 is 10.0 Å². The van der Waals surface area contributed by atoms with Crippen LogP contribution in [-0.2, 0) is 10.0 Å². The second kappa shape index (κ2) is 6.51. The number of hydrogen-bond acceptors (Lipinski definition) is 5. The van der Waals surface area contributed by atoms with E-state index in [1.165, 1.54) is 25.1 Å². The lowest BCUT2D eigenvalue weighted by atomic mass is 10.4. The van der Waals surface area contributed by atoms with Crippen LogP contribution in [0.5, 0.6) is 0 Å². The highest BCUT2D eigenvalue weighted by Gasteiger charge is 2.25. The third-order valence-corrected chi connectivity index (χ3v) is 4.79. The molecule has 112 valence electrons. The minimum Gasteiger partial charge on any atom is -0.370 e. The van der Waals surface area contributed by atoms with E-state index in [1.807, 2.05) is 14.0 Å². The summed E-state index contributed by atoms with van der Waals surface area (Å²) in [5.74, 6) is 0.575. The van der Waals surface area contributed by atoms with Crippen molar-refractivity contribution in [2.24, 2.45) is 0 Å². The molecule has 0 radical (unpaired) electrons. The largest absolute Gasteiger partial charge is 0.370 e. The summed E-state index contributed by atoms with van der Waals surface area (Å²) in [4.78, 5) is 6.51. The monoisotopic (exact) mass is 298 g/mol. The zero-order valence-corrected chi connectivity index (χ0v) is 12.8. The molecule has 0 bridgehead atoms. The number of nitrogens with one attached hydrogen (secondary N) is 2. The second-order valence-corrected chi connectivity index (χ2v) is 6.78. The molecule has 0 spiro atoms. The van der Waals surface area contributed by atoms with E-state index in [9.17, 15) is 8.42 Å². The van der Waals surface area contributed by atoms with Crippen molar-refractivity contribution in [1.82, 2.24) is 14.6 Å². The predicted molar refractivity (Wildman–Crippen MR) is 79.2 cm³/mol. The first-order chi connectivity index (χ1) is 9.53. The zero-order chi connectivity index (χ0) is 14.6. The van der Waals surface area contributed by atoms with E-state index in [0.29, 0.717) is 24.9 Å². The van der Waals surface area contributed by atoms with Crippen LogP contribution in [0.2, 0.25) is 0 Å².